The summed E-state index contributed by atoms with van der Waals surface area (Å²) >= 11 is 0. The van der Waals surface area contributed by atoms with E-state index >= 15 is 0 Å². The van der Waals surface area contributed by atoms with Gasteiger partial charge in [-0.05, 0) is 43.3 Å². The molecule has 0 fully saturated rings. The number of nitrogens with two attached hydrogens (primary N) is 1. The number of benzene rings is 1. The Morgan fingerprint density at radius 1 is 1.16 bits per heavy atom. The molecule has 0 atom stereocenters. The van der Waals surface area contributed by atoms with Crippen LogP contribution in [0.25, 0.3) is 11.3 Å². The van der Waals surface area contributed by atoms with Gasteiger partial charge >= 0.3 is 0 Å². The predicted molar refractivity (Wildman–Crippen MR) is 76.0 cm³/mol. The quantitative estimate of drug-likeness (QED) is 0.863. The van der Waals surface area contributed by atoms with Gasteiger partial charge in [-0.3, -0.25) is 0 Å². The van der Waals surface area contributed by atoms with Crippen LogP contribution in [0.2, 0.25) is 0 Å². The molecule has 100 valence electrons. The Labute approximate surface area is 113 Å². The van der Waals surface area contributed by atoms with Crippen molar-refractivity contribution in [3.8, 4) is 17.0 Å². The Bertz CT molecular complexity index is 511. The molecule has 1 heterocycles. The largest absolute Gasteiger partial charge is 0.494 e. The summed E-state index contributed by atoms with van der Waals surface area (Å²) in [6.45, 7) is 3.40. The van der Waals surface area contributed by atoms with Gasteiger partial charge in [-0.1, -0.05) is 6.92 Å². The van der Waals surface area contributed by atoms with Gasteiger partial charge < -0.3 is 10.5 Å². The van der Waals surface area contributed by atoms with E-state index in [4.69, 9.17) is 10.5 Å². The molecule has 1 aromatic carbocycles. The van der Waals surface area contributed by atoms with Crippen LogP contribution in [-0.2, 0) is 6.42 Å². The van der Waals surface area contributed by atoms with Gasteiger partial charge in [0, 0.05) is 18.2 Å². The number of hydrogen-bond acceptors (Lipinski definition) is 4. The van der Waals surface area contributed by atoms with Gasteiger partial charge in [0.05, 0.1) is 12.3 Å². The molecule has 0 saturated carbocycles. The predicted octanol–water partition coefficient (Wildman–Crippen LogP) is 2.43. The minimum Gasteiger partial charge on any atom is -0.494 e. The minimum atomic E-state index is 0.563. The number of hydrogen-bond donors (Lipinski definition) is 1. The van der Waals surface area contributed by atoms with Crippen molar-refractivity contribution in [3.05, 3.63) is 42.4 Å². The fourth-order valence-electron chi connectivity index (χ4n) is 1.75. The van der Waals surface area contributed by atoms with Crippen LogP contribution in [0.15, 0.2) is 36.5 Å². The summed E-state index contributed by atoms with van der Waals surface area (Å²) in [4.78, 5) is 8.69. The molecule has 19 heavy (non-hydrogen) atoms. The zero-order valence-electron chi connectivity index (χ0n) is 11.2. The smallest absolute Gasteiger partial charge is 0.130 e. The van der Waals surface area contributed by atoms with Crippen molar-refractivity contribution < 1.29 is 4.74 Å². The molecular weight excluding hydrogens is 238 g/mol. The first-order valence-electron chi connectivity index (χ1n) is 6.58. The molecule has 0 radical (unpaired) electrons. The zero-order chi connectivity index (χ0) is 13.5. The van der Waals surface area contributed by atoms with Crippen LogP contribution in [0.3, 0.4) is 0 Å². The third-order valence-electron chi connectivity index (χ3n) is 2.70. The Balaban J connectivity index is 2.14. The summed E-state index contributed by atoms with van der Waals surface area (Å²) in [7, 11) is 0. The van der Waals surface area contributed by atoms with Gasteiger partial charge in [-0.2, -0.15) is 0 Å². The van der Waals surface area contributed by atoms with Crippen LogP contribution in [-0.4, -0.2) is 23.1 Å². The molecule has 4 nitrogen and oxygen atoms in total. The number of rotatable bonds is 6. The van der Waals surface area contributed by atoms with Gasteiger partial charge in [0.15, 0.2) is 0 Å². The van der Waals surface area contributed by atoms with Crippen molar-refractivity contribution in [1.82, 2.24) is 9.97 Å². The van der Waals surface area contributed by atoms with E-state index in [1.165, 1.54) is 0 Å². The van der Waals surface area contributed by atoms with E-state index in [0.717, 1.165) is 35.9 Å². The molecule has 2 N–H and O–H groups in total. The second-order valence-electron chi connectivity index (χ2n) is 4.27. The molecule has 0 unspecified atom stereocenters. The molecule has 0 spiro atoms. The average Bonchev–Trinajstić information content (AvgIpc) is 2.46. The van der Waals surface area contributed by atoms with E-state index in [1.807, 2.05) is 30.3 Å². The van der Waals surface area contributed by atoms with Crippen molar-refractivity contribution in [2.24, 2.45) is 5.73 Å². The van der Waals surface area contributed by atoms with Crippen molar-refractivity contribution in [2.75, 3.05) is 13.2 Å². The molecule has 2 rings (SSSR count). The van der Waals surface area contributed by atoms with Crippen molar-refractivity contribution in [2.45, 2.75) is 19.8 Å². The summed E-state index contributed by atoms with van der Waals surface area (Å²) < 4.78 is 5.56. The summed E-state index contributed by atoms with van der Waals surface area (Å²) in [6, 6.07) is 9.87. The first kappa shape index (κ1) is 13.5. The Morgan fingerprint density at radius 2 is 1.95 bits per heavy atom. The summed E-state index contributed by atoms with van der Waals surface area (Å²) in [5.41, 5.74) is 7.50. The normalized spacial score (nSPS) is 10.4. The van der Waals surface area contributed by atoms with Crippen molar-refractivity contribution >= 4 is 0 Å². The lowest BCUT2D eigenvalue weighted by Gasteiger charge is -2.06. The van der Waals surface area contributed by atoms with Gasteiger partial charge in [-0.15, -0.1) is 0 Å². The highest BCUT2D eigenvalue weighted by atomic mass is 16.5. The lowest BCUT2D eigenvalue weighted by atomic mass is 10.1. The highest BCUT2D eigenvalue weighted by molar-refractivity contribution is 5.59. The summed E-state index contributed by atoms with van der Waals surface area (Å²) in [6.07, 6.45) is 3.48. The lowest BCUT2D eigenvalue weighted by molar-refractivity contribution is 0.317. The van der Waals surface area contributed by atoms with Crippen LogP contribution in [0.5, 0.6) is 5.75 Å². The lowest BCUT2D eigenvalue weighted by Crippen LogP contribution is -2.06. The van der Waals surface area contributed by atoms with E-state index < -0.39 is 0 Å². The summed E-state index contributed by atoms with van der Waals surface area (Å²) in [5, 5.41) is 0. The standard InChI is InChI=1S/C15H19N3O/c1-2-11-19-13-5-3-12(4-6-13)14-8-10-17-15(18-14)7-9-16/h3-6,8,10H,2,7,9,11,16H2,1H3. The molecular formula is C15H19N3O. The fraction of sp³-hybridized carbons (Fsp3) is 0.333. The fourth-order valence-corrected chi connectivity index (χ4v) is 1.75. The maximum absolute atomic E-state index is 5.56. The number of aromatic nitrogens is 2. The topological polar surface area (TPSA) is 61.0 Å². The van der Waals surface area contributed by atoms with E-state index in [0.29, 0.717) is 13.0 Å². The van der Waals surface area contributed by atoms with Gasteiger partial charge in [-0.25, -0.2) is 9.97 Å². The molecule has 0 amide bonds. The maximum atomic E-state index is 5.56. The number of ether oxygens (including phenoxy) is 1. The van der Waals surface area contributed by atoms with Crippen LogP contribution in [0, 0.1) is 0 Å². The van der Waals surface area contributed by atoms with Gasteiger partial charge in [0.1, 0.15) is 11.6 Å². The molecule has 0 aliphatic carbocycles. The summed E-state index contributed by atoms with van der Waals surface area (Å²) in [5.74, 6) is 1.67. The minimum absolute atomic E-state index is 0.563. The van der Waals surface area contributed by atoms with Crippen molar-refractivity contribution in [3.63, 3.8) is 0 Å². The van der Waals surface area contributed by atoms with E-state index in [1.54, 1.807) is 6.20 Å². The van der Waals surface area contributed by atoms with Crippen molar-refractivity contribution in [1.29, 1.82) is 0 Å². The van der Waals surface area contributed by atoms with E-state index in [9.17, 15) is 0 Å². The van der Waals surface area contributed by atoms with Gasteiger partial charge in [0.2, 0.25) is 0 Å². The molecule has 1 aromatic heterocycles. The average molecular weight is 257 g/mol. The second-order valence-corrected chi connectivity index (χ2v) is 4.27. The van der Waals surface area contributed by atoms with E-state index in [-0.39, 0.29) is 0 Å². The first-order chi connectivity index (χ1) is 9.33. The zero-order valence-corrected chi connectivity index (χ0v) is 11.2. The van der Waals surface area contributed by atoms with Crippen LogP contribution >= 0.6 is 0 Å². The second kappa shape index (κ2) is 6.85. The SMILES string of the molecule is CCCOc1ccc(-c2ccnc(CCN)n2)cc1. The Morgan fingerprint density at radius 3 is 2.63 bits per heavy atom. The molecule has 2 aromatic rings. The first-order valence-corrected chi connectivity index (χ1v) is 6.58. The highest BCUT2D eigenvalue weighted by Crippen LogP contribution is 2.20. The van der Waals surface area contributed by atoms with Crippen LogP contribution < -0.4 is 10.5 Å². The molecule has 0 aliphatic heterocycles. The Hall–Kier alpha value is -1.94. The van der Waals surface area contributed by atoms with Crippen LogP contribution in [0.1, 0.15) is 19.2 Å². The highest BCUT2D eigenvalue weighted by Gasteiger charge is 2.02. The number of nitrogens with zero attached hydrogens (tertiary/aromatic N) is 2. The molecule has 0 bridgehead atoms. The molecule has 0 saturated heterocycles. The van der Waals surface area contributed by atoms with Gasteiger partial charge in [0.25, 0.3) is 0 Å². The third-order valence-corrected chi connectivity index (χ3v) is 2.70. The van der Waals surface area contributed by atoms with Crippen LogP contribution in [0.4, 0.5) is 0 Å². The Kier molecular flexibility index (Phi) is 4.86. The molecule has 0 aliphatic rings. The van der Waals surface area contributed by atoms with E-state index in [2.05, 4.69) is 16.9 Å². The molecule has 4 heteroatoms. The monoisotopic (exact) mass is 257 g/mol. The maximum Gasteiger partial charge on any atom is 0.130 e. The third kappa shape index (κ3) is 3.76.